The highest BCUT2D eigenvalue weighted by Crippen LogP contribution is 2.63. The third-order valence-electron chi connectivity index (χ3n) is 7.80. The van der Waals surface area contributed by atoms with Gasteiger partial charge in [-0.1, -0.05) is 39.3 Å². The molecule has 0 amide bonds. The zero-order chi connectivity index (χ0) is 17.9. The molecule has 1 saturated carbocycles. The van der Waals surface area contributed by atoms with Crippen LogP contribution in [0.5, 0.6) is 0 Å². The molecule has 0 aliphatic heterocycles. The van der Waals surface area contributed by atoms with Crippen LogP contribution in [0, 0.1) is 22.2 Å². The standard InChI is InChI=1S/C21H34O3/c1-7-20(4)11-8-13-17(18(20)23)14(24-6)12-15-19(2,3)10-9-16(22)21(13,15)5/h7,14-16,18,22-23H,1,8-12H2,2-6H3. The van der Waals surface area contributed by atoms with Crippen molar-refractivity contribution in [2.45, 2.75) is 78.1 Å². The summed E-state index contributed by atoms with van der Waals surface area (Å²) >= 11 is 0. The third-order valence-corrected chi connectivity index (χ3v) is 7.80. The van der Waals surface area contributed by atoms with Crippen molar-refractivity contribution in [2.75, 3.05) is 7.11 Å². The highest BCUT2D eigenvalue weighted by atomic mass is 16.5. The molecular weight excluding hydrogens is 300 g/mol. The Kier molecular flexibility index (Phi) is 4.30. The molecule has 0 spiro atoms. The zero-order valence-electron chi connectivity index (χ0n) is 15.9. The van der Waals surface area contributed by atoms with Crippen LogP contribution in [0.4, 0.5) is 0 Å². The lowest BCUT2D eigenvalue weighted by Crippen LogP contribution is -2.58. The summed E-state index contributed by atoms with van der Waals surface area (Å²) in [5.41, 5.74) is 1.90. The molecule has 2 N–H and O–H groups in total. The Hall–Kier alpha value is -0.640. The van der Waals surface area contributed by atoms with Crippen LogP contribution in [0.1, 0.15) is 59.8 Å². The average molecular weight is 334 g/mol. The minimum atomic E-state index is -0.571. The molecule has 0 saturated heterocycles. The minimum Gasteiger partial charge on any atom is -0.392 e. The molecular formula is C21H34O3. The maximum Gasteiger partial charge on any atom is 0.0865 e. The largest absolute Gasteiger partial charge is 0.392 e. The van der Waals surface area contributed by atoms with E-state index in [0.29, 0.717) is 5.92 Å². The van der Waals surface area contributed by atoms with E-state index in [1.165, 1.54) is 5.57 Å². The molecule has 3 aliphatic carbocycles. The predicted octanol–water partition coefficient (Wildman–Crippen LogP) is 3.85. The van der Waals surface area contributed by atoms with Gasteiger partial charge in [0.25, 0.3) is 0 Å². The molecule has 0 bridgehead atoms. The second-order valence-electron chi connectivity index (χ2n) is 9.38. The van der Waals surface area contributed by atoms with Gasteiger partial charge in [-0.25, -0.2) is 0 Å². The number of ether oxygens (including phenoxy) is 1. The molecule has 0 heterocycles. The summed E-state index contributed by atoms with van der Waals surface area (Å²) in [6, 6.07) is 0. The first-order valence-electron chi connectivity index (χ1n) is 9.37. The molecule has 1 fully saturated rings. The van der Waals surface area contributed by atoms with Gasteiger partial charge in [0.15, 0.2) is 0 Å². The molecule has 0 aromatic rings. The maximum atomic E-state index is 11.2. The molecule has 24 heavy (non-hydrogen) atoms. The Morgan fingerprint density at radius 2 is 1.83 bits per heavy atom. The van der Waals surface area contributed by atoms with E-state index in [9.17, 15) is 10.2 Å². The second kappa shape index (κ2) is 5.69. The topological polar surface area (TPSA) is 49.7 Å². The predicted molar refractivity (Wildman–Crippen MR) is 96.6 cm³/mol. The fourth-order valence-electron chi connectivity index (χ4n) is 5.93. The van der Waals surface area contributed by atoms with Crippen molar-refractivity contribution in [3.8, 4) is 0 Å². The molecule has 6 unspecified atom stereocenters. The number of methoxy groups -OCH3 is 1. The third kappa shape index (κ3) is 2.28. The van der Waals surface area contributed by atoms with E-state index in [4.69, 9.17) is 4.74 Å². The molecule has 0 aromatic carbocycles. The van der Waals surface area contributed by atoms with Crippen molar-refractivity contribution >= 4 is 0 Å². The van der Waals surface area contributed by atoms with E-state index in [2.05, 4.69) is 34.3 Å². The Bertz CT molecular complexity index is 563. The maximum absolute atomic E-state index is 11.2. The van der Waals surface area contributed by atoms with Gasteiger partial charge < -0.3 is 14.9 Å². The number of aliphatic hydroxyl groups excluding tert-OH is 2. The monoisotopic (exact) mass is 334 g/mol. The van der Waals surface area contributed by atoms with E-state index in [-0.39, 0.29) is 28.5 Å². The lowest BCUT2D eigenvalue weighted by molar-refractivity contribution is -0.114. The summed E-state index contributed by atoms with van der Waals surface area (Å²) in [6.07, 6.45) is 5.47. The lowest BCUT2D eigenvalue weighted by atomic mass is 9.46. The first kappa shape index (κ1) is 18.2. The van der Waals surface area contributed by atoms with E-state index < -0.39 is 6.10 Å². The highest BCUT2D eigenvalue weighted by molar-refractivity contribution is 5.39. The number of fused-ring (bicyclic) bond motifs is 2. The van der Waals surface area contributed by atoms with Crippen LogP contribution in [0.15, 0.2) is 23.8 Å². The van der Waals surface area contributed by atoms with Crippen molar-refractivity contribution in [1.29, 1.82) is 0 Å². The smallest absolute Gasteiger partial charge is 0.0865 e. The highest BCUT2D eigenvalue weighted by Gasteiger charge is 2.59. The van der Waals surface area contributed by atoms with Gasteiger partial charge in [-0.3, -0.25) is 0 Å². The molecule has 3 heteroatoms. The van der Waals surface area contributed by atoms with E-state index in [1.807, 2.05) is 6.08 Å². The Morgan fingerprint density at radius 1 is 1.17 bits per heavy atom. The second-order valence-corrected chi connectivity index (χ2v) is 9.38. The summed E-state index contributed by atoms with van der Waals surface area (Å²) in [5.74, 6) is 0.373. The number of aliphatic hydroxyl groups is 2. The van der Waals surface area contributed by atoms with Gasteiger partial charge in [-0.15, -0.1) is 6.58 Å². The molecule has 6 atom stereocenters. The van der Waals surface area contributed by atoms with Crippen LogP contribution >= 0.6 is 0 Å². The van der Waals surface area contributed by atoms with Gasteiger partial charge in [-0.05, 0) is 49.0 Å². The Labute approximate surface area is 146 Å². The van der Waals surface area contributed by atoms with Crippen molar-refractivity contribution in [3.63, 3.8) is 0 Å². The van der Waals surface area contributed by atoms with Gasteiger partial charge >= 0.3 is 0 Å². The van der Waals surface area contributed by atoms with Crippen LogP contribution in [-0.4, -0.2) is 35.6 Å². The van der Waals surface area contributed by atoms with Crippen molar-refractivity contribution in [1.82, 2.24) is 0 Å². The molecule has 0 aromatic heterocycles. The van der Waals surface area contributed by atoms with Gasteiger partial charge in [-0.2, -0.15) is 0 Å². The summed E-state index contributed by atoms with van der Waals surface area (Å²) in [7, 11) is 1.75. The normalized spacial score (nSPS) is 47.8. The first-order chi connectivity index (χ1) is 11.1. The number of hydrogen-bond donors (Lipinski definition) is 2. The molecule has 3 aliphatic rings. The fourth-order valence-corrected chi connectivity index (χ4v) is 5.93. The average Bonchev–Trinajstić information content (AvgIpc) is 2.55. The summed E-state index contributed by atoms with van der Waals surface area (Å²) in [6.45, 7) is 12.9. The van der Waals surface area contributed by atoms with Crippen LogP contribution in [0.25, 0.3) is 0 Å². The van der Waals surface area contributed by atoms with E-state index >= 15 is 0 Å². The van der Waals surface area contributed by atoms with Crippen LogP contribution in [0.3, 0.4) is 0 Å². The van der Waals surface area contributed by atoms with Crippen LogP contribution in [-0.2, 0) is 4.74 Å². The van der Waals surface area contributed by atoms with E-state index in [1.54, 1.807) is 7.11 Å². The number of rotatable bonds is 2. The van der Waals surface area contributed by atoms with E-state index in [0.717, 1.165) is 37.7 Å². The fraction of sp³-hybridized carbons (Fsp3) is 0.810. The molecule has 136 valence electrons. The summed E-state index contributed by atoms with van der Waals surface area (Å²) in [4.78, 5) is 0. The van der Waals surface area contributed by atoms with Crippen LogP contribution < -0.4 is 0 Å². The van der Waals surface area contributed by atoms with Gasteiger partial charge in [0, 0.05) is 17.9 Å². The summed E-state index contributed by atoms with van der Waals surface area (Å²) in [5, 5.41) is 22.1. The quantitative estimate of drug-likeness (QED) is 0.754. The Morgan fingerprint density at radius 3 is 2.42 bits per heavy atom. The zero-order valence-corrected chi connectivity index (χ0v) is 15.9. The SMILES string of the molecule is C=CC1(C)CCC2=C(C(OC)CC3C(C)(C)CCC(O)C23C)C1O. The number of hydrogen-bond acceptors (Lipinski definition) is 3. The van der Waals surface area contributed by atoms with Crippen LogP contribution in [0.2, 0.25) is 0 Å². The summed E-state index contributed by atoms with van der Waals surface area (Å²) < 4.78 is 5.86. The Balaban J connectivity index is 2.18. The van der Waals surface area contributed by atoms with Gasteiger partial charge in [0.1, 0.15) is 0 Å². The molecule has 3 rings (SSSR count). The van der Waals surface area contributed by atoms with Crippen molar-refractivity contribution in [3.05, 3.63) is 23.8 Å². The minimum absolute atomic E-state index is 0.0581. The lowest BCUT2D eigenvalue weighted by Gasteiger charge is -2.60. The van der Waals surface area contributed by atoms with Gasteiger partial charge in [0.2, 0.25) is 0 Å². The first-order valence-corrected chi connectivity index (χ1v) is 9.37. The van der Waals surface area contributed by atoms with Crippen molar-refractivity contribution in [2.24, 2.45) is 22.2 Å². The molecule has 0 radical (unpaired) electrons. The van der Waals surface area contributed by atoms with Gasteiger partial charge in [0.05, 0.1) is 18.3 Å². The molecule has 3 nitrogen and oxygen atoms in total. The van der Waals surface area contributed by atoms with Crippen molar-refractivity contribution < 1.29 is 14.9 Å².